The minimum Gasteiger partial charge on any atom is -0.143 e. The van der Waals surface area contributed by atoms with Crippen LogP contribution < -0.4 is 0 Å². The van der Waals surface area contributed by atoms with Crippen molar-refractivity contribution >= 4 is 58.1 Å². The second-order valence-corrected chi connectivity index (χ2v) is 2.91. The van der Waals surface area contributed by atoms with Crippen LogP contribution in [0.25, 0.3) is 0 Å². The summed E-state index contributed by atoms with van der Waals surface area (Å²) in [5.74, 6) is 0. The Morgan fingerprint density at radius 3 is 1.89 bits per heavy atom. The zero-order valence-corrected chi connectivity index (χ0v) is 9.62. The van der Waals surface area contributed by atoms with Crippen LogP contribution in [0.5, 0.6) is 0 Å². The van der Waals surface area contributed by atoms with E-state index in [2.05, 4.69) is 28.6 Å². The Bertz CT molecular complexity index is 152. The zero-order valence-electron chi connectivity index (χ0n) is 5.13. The molecule has 3 heteroatoms. The molecule has 0 unspecified atom stereocenters. The molecule has 0 heterocycles. The quantitative estimate of drug-likeness (QED) is 0.495. The molecule has 1 aromatic rings. The molecule has 1 radical (unpaired) electrons. The molecule has 0 amide bonds. The van der Waals surface area contributed by atoms with Crippen LogP contribution >= 0.6 is 28.6 Å². The fraction of sp³-hybridized carbons (Fsp3) is 0. The standard InChI is InChI=1S/C6H5BrS.Na/c7-5-1-3-6(8)4-2-5;/h1-4,8H;. The van der Waals surface area contributed by atoms with Crippen LogP contribution in [-0.4, -0.2) is 29.6 Å². The van der Waals surface area contributed by atoms with Crippen LogP contribution in [0, 0.1) is 0 Å². The van der Waals surface area contributed by atoms with Crippen LogP contribution in [0.4, 0.5) is 0 Å². The summed E-state index contributed by atoms with van der Waals surface area (Å²) in [6, 6.07) is 7.80. The van der Waals surface area contributed by atoms with Gasteiger partial charge in [-0.05, 0) is 24.3 Å². The molecule has 0 aromatic heterocycles. The summed E-state index contributed by atoms with van der Waals surface area (Å²) in [4.78, 5) is 0.994. The van der Waals surface area contributed by atoms with E-state index in [9.17, 15) is 0 Å². The fourth-order valence-electron chi connectivity index (χ4n) is 0.441. The van der Waals surface area contributed by atoms with E-state index in [1.165, 1.54) is 0 Å². The number of benzene rings is 1. The van der Waals surface area contributed by atoms with Gasteiger partial charge in [0, 0.05) is 38.9 Å². The van der Waals surface area contributed by atoms with Crippen LogP contribution in [0.2, 0.25) is 0 Å². The minimum atomic E-state index is 0. The Labute approximate surface area is 90.9 Å². The summed E-state index contributed by atoms with van der Waals surface area (Å²) in [6.45, 7) is 0. The van der Waals surface area contributed by atoms with Crippen LogP contribution in [0.15, 0.2) is 33.6 Å². The first-order chi connectivity index (χ1) is 3.79. The van der Waals surface area contributed by atoms with Gasteiger partial charge in [0.15, 0.2) is 0 Å². The summed E-state index contributed by atoms with van der Waals surface area (Å²) in [7, 11) is 0. The van der Waals surface area contributed by atoms with Gasteiger partial charge in [0.25, 0.3) is 0 Å². The average Bonchev–Trinajstić information content (AvgIpc) is 1.77. The Balaban J connectivity index is 0.000000640. The zero-order chi connectivity index (χ0) is 5.98. The number of thiol groups is 1. The van der Waals surface area contributed by atoms with Crippen molar-refractivity contribution in [3.05, 3.63) is 28.7 Å². The molecule has 43 valence electrons. The van der Waals surface area contributed by atoms with Gasteiger partial charge in [0.05, 0.1) is 0 Å². The first-order valence-corrected chi connectivity index (χ1v) is 3.47. The van der Waals surface area contributed by atoms with Gasteiger partial charge in [-0.3, -0.25) is 0 Å². The van der Waals surface area contributed by atoms with E-state index in [-0.39, 0.29) is 29.6 Å². The molecule has 0 aliphatic heterocycles. The van der Waals surface area contributed by atoms with E-state index in [4.69, 9.17) is 0 Å². The first-order valence-electron chi connectivity index (χ1n) is 2.23. The third-order valence-corrected chi connectivity index (χ3v) is 1.65. The first kappa shape index (κ1) is 10.0. The summed E-state index contributed by atoms with van der Waals surface area (Å²) in [6.07, 6.45) is 0. The van der Waals surface area contributed by atoms with Crippen molar-refractivity contribution in [1.29, 1.82) is 0 Å². The third kappa shape index (κ3) is 3.68. The van der Waals surface area contributed by atoms with Gasteiger partial charge >= 0.3 is 0 Å². The predicted molar refractivity (Wildman–Crippen MR) is 47.1 cm³/mol. The Kier molecular flexibility index (Phi) is 5.36. The molecule has 0 saturated heterocycles. The predicted octanol–water partition coefficient (Wildman–Crippen LogP) is 2.36. The van der Waals surface area contributed by atoms with Crippen LogP contribution in [-0.2, 0) is 0 Å². The van der Waals surface area contributed by atoms with Crippen LogP contribution in [0.3, 0.4) is 0 Å². The average molecular weight is 212 g/mol. The molecule has 0 nitrogen and oxygen atoms in total. The third-order valence-electron chi connectivity index (χ3n) is 0.827. The van der Waals surface area contributed by atoms with Crippen molar-refractivity contribution in [3.8, 4) is 0 Å². The van der Waals surface area contributed by atoms with E-state index in [0.29, 0.717) is 0 Å². The molecule has 9 heavy (non-hydrogen) atoms. The Morgan fingerprint density at radius 1 is 1.11 bits per heavy atom. The molecule has 0 saturated carbocycles. The molecule has 0 bridgehead atoms. The van der Waals surface area contributed by atoms with E-state index in [0.717, 1.165) is 9.37 Å². The molecular weight excluding hydrogens is 207 g/mol. The molecule has 0 fully saturated rings. The maximum absolute atomic E-state index is 4.11. The van der Waals surface area contributed by atoms with Crippen molar-refractivity contribution in [1.82, 2.24) is 0 Å². The Morgan fingerprint density at radius 2 is 1.56 bits per heavy atom. The number of hydrogen-bond donors (Lipinski definition) is 1. The van der Waals surface area contributed by atoms with Crippen LogP contribution in [0.1, 0.15) is 0 Å². The maximum Gasteiger partial charge on any atom is 0.0176 e. The van der Waals surface area contributed by atoms with Crippen molar-refractivity contribution < 1.29 is 0 Å². The molecule has 0 aliphatic carbocycles. The molecule has 1 rings (SSSR count). The van der Waals surface area contributed by atoms with Crippen molar-refractivity contribution in [2.24, 2.45) is 0 Å². The SMILES string of the molecule is Sc1ccc(Br)cc1.[Na]. The number of halogens is 1. The van der Waals surface area contributed by atoms with E-state index >= 15 is 0 Å². The number of rotatable bonds is 0. The Hall–Kier alpha value is 1.05. The second kappa shape index (κ2) is 4.80. The summed E-state index contributed by atoms with van der Waals surface area (Å²) < 4.78 is 1.09. The van der Waals surface area contributed by atoms with Gasteiger partial charge in [-0.25, -0.2) is 0 Å². The van der Waals surface area contributed by atoms with Crippen molar-refractivity contribution in [2.75, 3.05) is 0 Å². The smallest absolute Gasteiger partial charge is 0.0176 e. The van der Waals surface area contributed by atoms with Gasteiger partial charge in [0.2, 0.25) is 0 Å². The molecule has 0 N–H and O–H groups in total. The van der Waals surface area contributed by atoms with E-state index < -0.39 is 0 Å². The minimum absolute atomic E-state index is 0. The molecule has 1 aromatic carbocycles. The molecule has 0 spiro atoms. The fourth-order valence-corrected chi connectivity index (χ4v) is 0.854. The molecule has 0 aliphatic rings. The topological polar surface area (TPSA) is 0 Å². The largest absolute Gasteiger partial charge is 0.143 e. The molecular formula is C6H5BrNaS. The van der Waals surface area contributed by atoms with Gasteiger partial charge in [0.1, 0.15) is 0 Å². The molecule has 0 atom stereocenters. The summed E-state index contributed by atoms with van der Waals surface area (Å²) in [5, 5.41) is 0. The second-order valence-electron chi connectivity index (χ2n) is 1.48. The van der Waals surface area contributed by atoms with E-state index in [1.807, 2.05) is 24.3 Å². The number of hydrogen-bond acceptors (Lipinski definition) is 1. The summed E-state index contributed by atoms with van der Waals surface area (Å²) >= 11 is 7.42. The van der Waals surface area contributed by atoms with Gasteiger partial charge in [-0.1, -0.05) is 15.9 Å². The maximum atomic E-state index is 4.11. The summed E-state index contributed by atoms with van der Waals surface area (Å²) in [5.41, 5.74) is 0. The van der Waals surface area contributed by atoms with Crippen molar-refractivity contribution in [3.63, 3.8) is 0 Å². The monoisotopic (exact) mass is 211 g/mol. The normalized spacial score (nSPS) is 8.22. The van der Waals surface area contributed by atoms with Gasteiger partial charge in [-0.2, -0.15) is 0 Å². The van der Waals surface area contributed by atoms with Gasteiger partial charge in [-0.15, -0.1) is 12.6 Å². The van der Waals surface area contributed by atoms with Gasteiger partial charge < -0.3 is 0 Å². The van der Waals surface area contributed by atoms with Crippen molar-refractivity contribution in [2.45, 2.75) is 4.90 Å². The van der Waals surface area contributed by atoms with E-state index in [1.54, 1.807) is 0 Å².